The van der Waals surface area contributed by atoms with Crippen molar-refractivity contribution in [1.29, 1.82) is 0 Å². The van der Waals surface area contributed by atoms with Crippen LogP contribution >= 0.6 is 0 Å². The van der Waals surface area contributed by atoms with E-state index in [4.69, 9.17) is 4.74 Å². The predicted octanol–water partition coefficient (Wildman–Crippen LogP) is 2.68. The van der Waals surface area contributed by atoms with Crippen molar-refractivity contribution >= 4 is 17.4 Å². The van der Waals surface area contributed by atoms with Crippen molar-refractivity contribution in [3.8, 4) is 0 Å². The molecule has 0 saturated carbocycles. The zero-order valence-electron chi connectivity index (χ0n) is 10.7. The molecule has 0 fully saturated rings. The number of rotatable bonds is 5. The lowest BCUT2D eigenvalue weighted by atomic mass is 9.99. The molecule has 1 unspecified atom stereocenters. The highest BCUT2D eigenvalue weighted by atomic mass is 16.5. The Morgan fingerprint density at radius 3 is 2.39 bits per heavy atom. The van der Waals surface area contributed by atoms with Gasteiger partial charge in [0.15, 0.2) is 5.78 Å². The Bertz CT molecular complexity index is 457. The summed E-state index contributed by atoms with van der Waals surface area (Å²) < 4.78 is 4.84. The largest absolute Gasteiger partial charge is 0.464 e. The molecule has 0 radical (unpaired) electrons. The maximum atomic E-state index is 11.7. The summed E-state index contributed by atoms with van der Waals surface area (Å²) in [6.07, 6.45) is 0. The van der Waals surface area contributed by atoms with E-state index in [0.29, 0.717) is 5.69 Å². The minimum atomic E-state index is -1.58. The average molecular weight is 248 g/mol. The summed E-state index contributed by atoms with van der Waals surface area (Å²) in [5.74, 6) is -1.09. The Morgan fingerprint density at radius 2 is 1.89 bits per heavy atom. The Hall–Kier alpha value is -2.04. The fraction of sp³-hybridized carbons (Fsp3) is 0.385. The zero-order chi connectivity index (χ0) is 13.6. The number of esters is 1. The predicted molar refractivity (Wildman–Crippen MR) is 66.7 cm³/mol. The summed E-state index contributed by atoms with van der Waals surface area (Å²) in [4.78, 5) is 23.3. The fourth-order valence-electron chi connectivity index (χ4n) is 1.18. The van der Waals surface area contributed by atoms with Gasteiger partial charge in [-0.1, -0.05) is 18.2 Å². The minimum Gasteiger partial charge on any atom is -0.464 e. The number of carbonyl (C=O) groups excluding carboxylic acids is 2. The van der Waals surface area contributed by atoms with Crippen LogP contribution in [0.1, 0.15) is 20.8 Å². The normalized spacial score (nSPS) is 14.2. The van der Waals surface area contributed by atoms with Crippen molar-refractivity contribution in [1.82, 2.24) is 0 Å². The van der Waals surface area contributed by atoms with Gasteiger partial charge in [0, 0.05) is 0 Å². The smallest absolute Gasteiger partial charge is 0.343 e. The summed E-state index contributed by atoms with van der Waals surface area (Å²) >= 11 is 0. The highest BCUT2D eigenvalue weighted by molar-refractivity contribution is 6.07. The lowest BCUT2D eigenvalue weighted by Gasteiger charge is -2.17. The van der Waals surface area contributed by atoms with E-state index in [-0.39, 0.29) is 6.61 Å². The van der Waals surface area contributed by atoms with Crippen molar-refractivity contribution in [3.05, 3.63) is 30.3 Å². The number of hydrogen-bond donors (Lipinski definition) is 0. The van der Waals surface area contributed by atoms with Crippen molar-refractivity contribution < 1.29 is 14.3 Å². The first-order valence-corrected chi connectivity index (χ1v) is 5.67. The third-order valence-corrected chi connectivity index (χ3v) is 2.48. The van der Waals surface area contributed by atoms with Crippen molar-refractivity contribution in [2.45, 2.75) is 26.3 Å². The molecule has 1 aromatic carbocycles. The molecule has 1 rings (SSSR count). The van der Waals surface area contributed by atoms with Crippen molar-refractivity contribution in [2.75, 3.05) is 6.61 Å². The molecule has 0 heterocycles. The van der Waals surface area contributed by atoms with Gasteiger partial charge in [0.25, 0.3) is 0 Å². The van der Waals surface area contributed by atoms with Crippen LogP contribution in [0.15, 0.2) is 40.6 Å². The van der Waals surface area contributed by atoms with E-state index in [1.807, 2.05) is 6.07 Å². The molecule has 0 spiro atoms. The van der Waals surface area contributed by atoms with Gasteiger partial charge < -0.3 is 4.74 Å². The van der Waals surface area contributed by atoms with Crippen LogP contribution in [0.2, 0.25) is 0 Å². The van der Waals surface area contributed by atoms with Crippen molar-refractivity contribution in [3.63, 3.8) is 0 Å². The van der Waals surface area contributed by atoms with Crippen LogP contribution in [-0.2, 0) is 14.3 Å². The Balaban J connectivity index is 2.97. The first-order chi connectivity index (χ1) is 8.50. The van der Waals surface area contributed by atoms with Gasteiger partial charge in [0.05, 0.1) is 12.3 Å². The first kappa shape index (κ1) is 14.0. The summed E-state index contributed by atoms with van der Waals surface area (Å²) in [5.41, 5.74) is -0.999. The molecule has 0 aliphatic rings. The van der Waals surface area contributed by atoms with Crippen molar-refractivity contribution in [2.24, 2.45) is 10.2 Å². The van der Waals surface area contributed by atoms with E-state index in [0.717, 1.165) is 0 Å². The first-order valence-electron chi connectivity index (χ1n) is 5.67. The van der Waals surface area contributed by atoms with Crippen LogP contribution in [0.25, 0.3) is 0 Å². The summed E-state index contributed by atoms with van der Waals surface area (Å²) in [6.45, 7) is 4.57. The van der Waals surface area contributed by atoms with E-state index in [1.165, 1.54) is 13.8 Å². The Morgan fingerprint density at radius 1 is 1.28 bits per heavy atom. The molecule has 0 amide bonds. The van der Waals surface area contributed by atoms with E-state index >= 15 is 0 Å². The van der Waals surface area contributed by atoms with Gasteiger partial charge in [-0.15, -0.1) is 0 Å². The summed E-state index contributed by atoms with van der Waals surface area (Å²) in [7, 11) is 0. The average Bonchev–Trinajstić information content (AvgIpc) is 2.37. The molecule has 0 N–H and O–H groups in total. The topological polar surface area (TPSA) is 68.1 Å². The quantitative estimate of drug-likeness (QED) is 0.457. The number of ether oxygens (including phenoxy) is 1. The molecule has 0 bridgehead atoms. The molecule has 5 nitrogen and oxygen atoms in total. The second-order valence-electron chi connectivity index (χ2n) is 3.88. The van der Waals surface area contributed by atoms with Gasteiger partial charge in [0.1, 0.15) is 0 Å². The molecular formula is C13H16N2O3. The number of hydrogen-bond acceptors (Lipinski definition) is 5. The maximum absolute atomic E-state index is 11.7. The fourth-order valence-corrected chi connectivity index (χ4v) is 1.18. The number of Topliss-reactive ketones (excluding diaryl/α,β-unsaturated/α-hetero) is 1. The molecule has 1 aromatic rings. The molecule has 1 atom stereocenters. The van der Waals surface area contributed by atoms with Gasteiger partial charge in [-0.2, -0.15) is 10.2 Å². The number of nitrogens with zero attached hydrogens (tertiary/aromatic N) is 2. The highest BCUT2D eigenvalue weighted by Crippen LogP contribution is 2.19. The highest BCUT2D eigenvalue weighted by Gasteiger charge is 2.40. The summed E-state index contributed by atoms with van der Waals surface area (Å²) in [5, 5.41) is 7.75. The molecule has 5 heteroatoms. The molecule has 0 aromatic heterocycles. The third-order valence-electron chi connectivity index (χ3n) is 2.48. The van der Waals surface area contributed by atoms with Gasteiger partial charge in [0.2, 0.25) is 5.54 Å². The van der Waals surface area contributed by atoms with Gasteiger partial charge >= 0.3 is 5.97 Å². The van der Waals surface area contributed by atoms with Crippen LogP contribution in [0, 0.1) is 0 Å². The lowest BCUT2D eigenvalue weighted by molar-refractivity contribution is -0.152. The Kier molecular flexibility index (Phi) is 4.71. The van der Waals surface area contributed by atoms with E-state index in [9.17, 15) is 9.59 Å². The SMILES string of the molecule is CCOC(=O)C(C)(N=Nc1ccccc1)C(C)=O. The summed E-state index contributed by atoms with van der Waals surface area (Å²) in [6, 6.07) is 8.90. The third kappa shape index (κ3) is 3.23. The van der Waals surface area contributed by atoms with Crippen LogP contribution in [0.4, 0.5) is 5.69 Å². The van der Waals surface area contributed by atoms with E-state index < -0.39 is 17.3 Å². The van der Waals surface area contributed by atoms with Gasteiger partial charge in [-0.25, -0.2) is 4.79 Å². The van der Waals surface area contributed by atoms with Crippen LogP contribution in [0.3, 0.4) is 0 Å². The molecule has 18 heavy (non-hydrogen) atoms. The van der Waals surface area contributed by atoms with Gasteiger partial charge in [-0.05, 0) is 32.9 Å². The van der Waals surface area contributed by atoms with E-state index in [2.05, 4.69) is 10.2 Å². The zero-order valence-corrected chi connectivity index (χ0v) is 10.7. The molecule has 0 aliphatic carbocycles. The molecular weight excluding hydrogens is 232 g/mol. The monoisotopic (exact) mass is 248 g/mol. The number of azo groups is 1. The molecule has 96 valence electrons. The number of benzene rings is 1. The molecule has 0 saturated heterocycles. The standard InChI is InChI=1S/C13H16N2O3/c1-4-18-12(17)13(3,10(2)16)15-14-11-8-6-5-7-9-11/h5-9H,4H2,1-3H3. The van der Waals surface area contributed by atoms with Gasteiger partial charge in [-0.3, -0.25) is 4.79 Å². The minimum absolute atomic E-state index is 0.197. The second kappa shape index (κ2) is 6.05. The maximum Gasteiger partial charge on any atom is 0.343 e. The molecule has 0 aliphatic heterocycles. The second-order valence-corrected chi connectivity index (χ2v) is 3.88. The van der Waals surface area contributed by atoms with Crippen LogP contribution < -0.4 is 0 Å². The van der Waals surface area contributed by atoms with Crippen LogP contribution in [0.5, 0.6) is 0 Å². The lowest BCUT2D eigenvalue weighted by Crippen LogP contribution is -2.41. The number of ketones is 1. The van der Waals surface area contributed by atoms with Crippen LogP contribution in [-0.4, -0.2) is 23.9 Å². The van der Waals surface area contributed by atoms with E-state index in [1.54, 1.807) is 31.2 Å². The Labute approximate surface area is 106 Å². The number of carbonyl (C=O) groups is 2.